The van der Waals surface area contributed by atoms with Crippen LogP contribution in [-0.2, 0) is 20.7 Å². The van der Waals surface area contributed by atoms with E-state index in [1.165, 1.54) is 0 Å². The number of amides is 2. The van der Waals surface area contributed by atoms with Crippen LogP contribution in [0.2, 0.25) is 0 Å². The molecule has 2 aliphatic rings. The summed E-state index contributed by atoms with van der Waals surface area (Å²) in [6.45, 7) is 6.27. The minimum absolute atomic E-state index is 0.0434. The van der Waals surface area contributed by atoms with Gasteiger partial charge in [-0.25, -0.2) is 4.79 Å². The van der Waals surface area contributed by atoms with E-state index in [9.17, 15) is 24.9 Å². The van der Waals surface area contributed by atoms with Gasteiger partial charge in [-0.05, 0) is 31.2 Å². The summed E-state index contributed by atoms with van der Waals surface area (Å²) in [5.74, 6) is -1.34. The molecule has 4 N–H and O–H groups in total. The Hall–Kier alpha value is -2.91. The first kappa shape index (κ1) is 28.7. The van der Waals surface area contributed by atoms with E-state index in [0.717, 1.165) is 24.9 Å². The van der Waals surface area contributed by atoms with Crippen molar-refractivity contribution in [2.24, 2.45) is 5.41 Å². The highest BCUT2D eigenvalue weighted by atomic mass is 16.5. The highest BCUT2D eigenvalue weighted by Crippen LogP contribution is 2.29. The normalized spacial score (nSPS) is 21.5. The van der Waals surface area contributed by atoms with Crippen LogP contribution in [0, 0.1) is 16.7 Å². The molecule has 11 heteroatoms. The van der Waals surface area contributed by atoms with Crippen molar-refractivity contribution in [1.82, 2.24) is 15.5 Å². The summed E-state index contributed by atoms with van der Waals surface area (Å²) in [4.78, 5) is 27.5. The lowest BCUT2D eigenvalue weighted by atomic mass is 9.76. The van der Waals surface area contributed by atoms with Crippen molar-refractivity contribution in [1.29, 1.82) is 5.26 Å². The number of piperidine rings is 1. The summed E-state index contributed by atoms with van der Waals surface area (Å²) in [6.07, 6.45) is 3.23. The molecule has 0 radical (unpaired) electrons. The first-order chi connectivity index (χ1) is 17.7. The minimum atomic E-state index is -1.77. The summed E-state index contributed by atoms with van der Waals surface area (Å²) < 4.78 is 11.2. The molecule has 0 saturated carbocycles. The summed E-state index contributed by atoms with van der Waals surface area (Å²) in [5, 5.41) is 35.0. The number of nitrogens with zero attached hydrogens (tertiary/aromatic N) is 2. The van der Waals surface area contributed by atoms with Gasteiger partial charge in [-0.3, -0.25) is 4.79 Å². The molecule has 0 aromatic heterocycles. The Morgan fingerprint density at radius 2 is 2.11 bits per heavy atom. The Labute approximate surface area is 218 Å². The van der Waals surface area contributed by atoms with Gasteiger partial charge >= 0.3 is 13.2 Å². The van der Waals surface area contributed by atoms with Crippen LogP contribution < -0.4 is 10.6 Å². The van der Waals surface area contributed by atoms with Gasteiger partial charge < -0.3 is 35.1 Å². The Morgan fingerprint density at radius 1 is 1.35 bits per heavy atom. The average molecular weight is 512 g/mol. The fourth-order valence-electron chi connectivity index (χ4n) is 4.71. The van der Waals surface area contributed by atoms with E-state index in [1.54, 1.807) is 11.0 Å². The number of hydrogen-bond donors (Lipinski definition) is 4. The van der Waals surface area contributed by atoms with E-state index in [4.69, 9.17) is 9.47 Å². The van der Waals surface area contributed by atoms with Crippen molar-refractivity contribution in [3.8, 4) is 6.07 Å². The molecule has 0 bridgehead atoms. The number of carbonyl (C=O) groups is 2. The van der Waals surface area contributed by atoms with Crippen molar-refractivity contribution in [2.45, 2.75) is 57.6 Å². The van der Waals surface area contributed by atoms with Gasteiger partial charge in [0.25, 0.3) is 5.91 Å². The molecule has 200 valence electrons. The molecular formula is C26H37BN4O6. The van der Waals surface area contributed by atoms with Crippen LogP contribution in [0.4, 0.5) is 4.79 Å². The number of carbonyl (C=O) groups excluding carboxylic acids is 2. The third-order valence-electron chi connectivity index (χ3n) is 6.88. The number of morpholine rings is 1. The molecule has 3 rings (SSSR count). The van der Waals surface area contributed by atoms with Crippen molar-refractivity contribution in [3.05, 3.63) is 47.5 Å². The standard InChI is InChI=1S/C26H37BN4O6/c1-26(2,22-17-29-11-13-36-22)15-20(16-28)24(32)31-12-7-6-10-21(31)18-37-25(33)30-23(27(34)35)14-19-8-4-3-5-9-19/h3-5,8-9,15,21-23,29,34-35H,6-7,10-14,17-18H2,1-2H3,(H,30,33)/t21-,22?,23?/m1/s1. The molecule has 10 nitrogen and oxygen atoms in total. The van der Waals surface area contributed by atoms with Crippen LogP contribution in [0.1, 0.15) is 38.7 Å². The number of ether oxygens (including phenoxy) is 2. The quantitative estimate of drug-likeness (QED) is 0.219. The summed E-state index contributed by atoms with van der Waals surface area (Å²) >= 11 is 0. The zero-order chi connectivity index (χ0) is 26.8. The molecular weight excluding hydrogens is 475 g/mol. The zero-order valence-corrected chi connectivity index (χ0v) is 21.6. The Morgan fingerprint density at radius 3 is 2.76 bits per heavy atom. The Bertz CT molecular complexity index is 975. The van der Waals surface area contributed by atoms with E-state index in [-0.39, 0.29) is 36.7 Å². The van der Waals surface area contributed by atoms with Gasteiger partial charge in [0.1, 0.15) is 18.2 Å². The first-order valence-electron chi connectivity index (χ1n) is 12.8. The Kier molecular flexibility index (Phi) is 10.5. The largest absolute Gasteiger partial charge is 0.475 e. The molecule has 2 fully saturated rings. The smallest absolute Gasteiger partial charge is 0.447 e. The van der Waals surface area contributed by atoms with Crippen molar-refractivity contribution < 1.29 is 29.1 Å². The van der Waals surface area contributed by atoms with Gasteiger partial charge in [-0.15, -0.1) is 0 Å². The number of nitriles is 1. The van der Waals surface area contributed by atoms with Crippen LogP contribution in [0.15, 0.2) is 42.0 Å². The molecule has 3 atom stereocenters. The van der Waals surface area contributed by atoms with Crippen molar-refractivity contribution in [3.63, 3.8) is 0 Å². The topological polar surface area (TPSA) is 144 Å². The fraction of sp³-hybridized carbons (Fsp3) is 0.577. The Balaban J connectivity index is 1.61. The highest BCUT2D eigenvalue weighted by molar-refractivity contribution is 6.43. The van der Waals surface area contributed by atoms with Crippen LogP contribution in [0.25, 0.3) is 0 Å². The molecule has 0 spiro atoms. The van der Waals surface area contributed by atoms with Crippen LogP contribution in [0.3, 0.4) is 0 Å². The second kappa shape index (κ2) is 13.6. The predicted octanol–water partition coefficient (Wildman–Crippen LogP) is 1.18. The van der Waals surface area contributed by atoms with Crippen LogP contribution in [-0.4, -0.2) is 85.0 Å². The second-order valence-corrected chi connectivity index (χ2v) is 10.2. The molecule has 37 heavy (non-hydrogen) atoms. The van der Waals surface area contributed by atoms with E-state index < -0.39 is 24.6 Å². The SMILES string of the molecule is CC(C)(C=C(C#N)C(=O)N1CCCC[C@@H]1COC(=O)NC(Cc1ccccc1)B(O)O)C1CNCCO1. The zero-order valence-electron chi connectivity index (χ0n) is 21.6. The van der Waals surface area contributed by atoms with E-state index >= 15 is 0 Å². The molecule has 2 aliphatic heterocycles. The molecule has 2 heterocycles. The van der Waals surface area contributed by atoms with Gasteiger partial charge in [0.15, 0.2) is 0 Å². The molecule has 1 aromatic carbocycles. The summed E-state index contributed by atoms with van der Waals surface area (Å²) in [7, 11) is -1.77. The minimum Gasteiger partial charge on any atom is -0.447 e. The number of nitrogens with one attached hydrogen (secondary N) is 2. The predicted molar refractivity (Wildman–Crippen MR) is 138 cm³/mol. The average Bonchev–Trinajstić information content (AvgIpc) is 2.91. The number of alkyl carbamates (subject to hydrolysis) is 1. The highest BCUT2D eigenvalue weighted by Gasteiger charge is 2.35. The monoisotopic (exact) mass is 512 g/mol. The first-order valence-corrected chi connectivity index (χ1v) is 12.8. The molecule has 2 saturated heterocycles. The lowest BCUT2D eigenvalue weighted by molar-refractivity contribution is -0.131. The van der Waals surface area contributed by atoms with Crippen molar-refractivity contribution >= 4 is 19.1 Å². The second-order valence-electron chi connectivity index (χ2n) is 10.2. The van der Waals surface area contributed by atoms with Crippen molar-refractivity contribution in [2.75, 3.05) is 32.8 Å². The van der Waals surface area contributed by atoms with E-state index in [2.05, 4.69) is 16.7 Å². The number of hydrogen-bond acceptors (Lipinski definition) is 8. The fourth-order valence-corrected chi connectivity index (χ4v) is 4.71. The lowest BCUT2D eigenvalue weighted by Gasteiger charge is -2.37. The van der Waals surface area contributed by atoms with Crippen LogP contribution in [0.5, 0.6) is 0 Å². The number of likely N-dealkylation sites (tertiary alicyclic amines) is 1. The lowest BCUT2D eigenvalue weighted by Crippen LogP contribution is -2.50. The third kappa shape index (κ3) is 8.30. The van der Waals surface area contributed by atoms with E-state index in [0.29, 0.717) is 26.1 Å². The number of rotatable bonds is 9. The summed E-state index contributed by atoms with van der Waals surface area (Å²) in [5.41, 5.74) is 0.342. The van der Waals surface area contributed by atoms with Gasteiger partial charge in [0, 0.05) is 25.0 Å². The van der Waals surface area contributed by atoms with E-state index in [1.807, 2.05) is 44.2 Å². The summed E-state index contributed by atoms with van der Waals surface area (Å²) in [6, 6.07) is 10.8. The molecule has 1 aromatic rings. The molecule has 2 unspecified atom stereocenters. The van der Waals surface area contributed by atoms with Gasteiger partial charge in [-0.2, -0.15) is 5.26 Å². The maximum absolute atomic E-state index is 13.4. The molecule has 0 aliphatic carbocycles. The van der Waals surface area contributed by atoms with Gasteiger partial charge in [0.05, 0.1) is 24.7 Å². The van der Waals surface area contributed by atoms with Gasteiger partial charge in [0.2, 0.25) is 0 Å². The van der Waals surface area contributed by atoms with Gasteiger partial charge in [-0.1, -0.05) is 50.3 Å². The maximum Gasteiger partial charge on any atom is 0.475 e. The van der Waals surface area contributed by atoms with Crippen LogP contribution >= 0.6 is 0 Å². The number of benzene rings is 1. The maximum atomic E-state index is 13.4. The molecule has 2 amide bonds. The third-order valence-corrected chi connectivity index (χ3v) is 6.88.